The largest absolute Gasteiger partial charge is 0.495 e. The monoisotopic (exact) mass is 447 g/mol. The first-order valence-corrected chi connectivity index (χ1v) is 10.9. The normalized spacial score (nSPS) is 18.0. The molecule has 158 valence electrons. The molecule has 0 aliphatic carbocycles. The molecule has 7 nitrogen and oxygen atoms in total. The van der Waals surface area contributed by atoms with Crippen molar-refractivity contribution in [2.45, 2.75) is 0 Å². The number of thiophene rings is 1. The number of hydrogen-bond acceptors (Lipinski definition) is 7. The van der Waals surface area contributed by atoms with Crippen molar-refractivity contribution in [1.82, 2.24) is 9.80 Å². The number of amides is 2. The minimum Gasteiger partial charge on any atom is -0.495 e. The van der Waals surface area contributed by atoms with Crippen LogP contribution in [0.3, 0.4) is 0 Å². The summed E-state index contributed by atoms with van der Waals surface area (Å²) in [6.45, 7) is 3.33. The van der Waals surface area contributed by atoms with Crippen LogP contribution < -0.4 is 9.64 Å². The highest BCUT2D eigenvalue weighted by atomic mass is 35.5. The van der Waals surface area contributed by atoms with Crippen LogP contribution >= 0.6 is 22.9 Å². The van der Waals surface area contributed by atoms with Crippen LogP contribution in [0.4, 0.5) is 5.69 Å². The Balaban J connectivity index is 1.74. The summed E-state index contributed by atoms with van der Waals surface area (Å²) in [4.78, 5) is 33.1. The molecule has 1 fully saturated rings. The molecule has 0 unspecified atom stereocenters. The molecular weight excluding hydrogens is 426 g/mol. The lowest BCUT2D eigenvalue weighted by atomic mass is 10.1. The van der Waals surface area contributed by atoms with Gasteiger partial charge in [0.2, 0.25) is 0 Å². The fourth-order valence-electron chi connectivity index (χ4n) is 3.85. The van der Waals surface area contributed by atoms with Crippen LogP contribution in [0.1, 0.15) is 4.88 Å². The number of anilines is 1. The molecule has 1 saturated heterocycles. The van der Waals surface area contributed by atoms with E-state index in [2.05, 4.69) is 4.90 Å². The molecule has 2 aliphatic rings. The Morgan fingerprint density at radius 2 is 1.90 bits per heavy atom. The fraction of sp³-hybridized carbons (Fsp3) is 0.333. The standard InChI is InChI=1S/C21H22ClN3O4S/c1-29-16-5-4-14(22)13-15(16)25-20(27)18(17-3-2-12-30-17)19(21(25)28)24-8-6-23(7-9-24)10-11-26/h2-5,12-13,26H,6-11H2,1H3. The average Bonchev–Trinajstić information content (AvgIpc) is 3.35. The first-order chi connectivity index (χ1) is 14.5. The lowest BCUT2D eigenvalue weighted by Gasteiger charge is -2.36. The first kappa shape index (κ1) is 20.9. The van der Waals surface area contributed by atoms with Gasteiger partial charge in [-0.15, -0.1) is 11.3 Å². The Hall–Kier alpha value is -2.39. The number of methoxy groups -OCH3 is 1. The Kier molecular flexibility index (Phi) is 6.10. The summed E-state index contributed by atoms with van der Waals surface area (Å²) < 4.78 is 5.39. The molecular formula is C21H22ClN3O4S. The SMILES string of the molecule is COc1ccc(Cl)cc1N1C(=O)C(c2cccs2)=C(N2CCN(CCO)CC2)C1=O. The van der Waals surface area contributed by atoms with Crippen LogP contribution in [0.25, 0.3) is 5.57 Å². The van der Waals surface area contributed by atoms with Gasteiger partial charge in [-0.2, -0.15) is 0 Å². The Bertz CT molecular complexity index is 984. The maximum absolute atomic E-state index is 13.6. The van der Waals surface area contributed by atoms with Gasteiger partial charge in [0.05, 0.1) is 25.0 Å². The molecule has 0 atom stereocenters. The van der Waals surface area contributed by atoms with E-state index in [1.165, 1.54) is 18.4 Å². The lowest BCUT2D eigenvalue weighted by Crippen LogP contribution is -2.48. The van der Waals surface area contributed by atoms with Gasteiger partial charge in [-0.1, -0.05) is 17.7 Å². The molecule has 4 rings (SSSR count). The number of piperazine rings is 1. The molecule has 2 amide bonds. The Labute approximate surface area is 183 Å². The molecule has 1 aromatic heterocycles. The number of hydrogen-bond donors (Lipinski definition) is 1. The number of aliphatic hydroxyl groups is 1. The molecule has 9 heteroatoms. The number of halogens is 1. The topological polar surface area (TPSA) is 73.3 Å². The maximum Gasteiger partial charge on any atom is 0.282 e. The third-order valence-electron chi connectivity index (χ3n) is 5.31. The maximum atomic E-state index is 13.6. The third kappa shape index (κ3) is 3.72. The average molecular weight is 448 g/mol. The van der Waals surface area contributed by atoms with Crippen molar-refractivity contribution >= 4 is 46.0 Å². The van der Waals surface area contributed by atoms with Crippen LogP contribution in [-0.4, -0.2) is 73.2 Å². The second kappa shape index (κ2) is 8.77. The minimum atomic E-state index is -0.379. The van der Waals surface area contributed by atoms with Crippen molar-refractivity contribution in [3.63, 3.8) is 0 Å². The summed E-state index contributed by atoms with van der Waals surface area (Å²) in [5.74, 6) is -0.351. The van der Waals surface area contributed by atoms with Gasteiger partial charge >= 0.3 is 0 Å². The number of ether oxygens (including phenoxy) is 1. The quantitative estimate of drug-likeness (QED) is 0.685. The molecule has 1 aromatic carbocycles. The van der Waals surface area contributed by atoms with E-state index in [1.54, 1.807) is 18.2 Å². The Morgan fingerprint density at radius 1 is 1.13 bits per heavy atom. The van der Waals surface area contributed by atoms with Crippen LogP contribution in [0.15, 0.2) is 41.4 Å². The molecule has 30 heavy (non-hydrogen) atoms. The van der Waals surface area contributed by atoms with Crippen molar-refractivity contribution < 1.29 is 19.4 Å². The molecule has 3 heterocycles. The van der Waals surface area contributed by atoms with Gasteiger partial charge in [0, 0.05) is 42.6 Å². The van der Waals surface area contributed by atoms with Crippen molar-refractivity contribution in [3.8, 4) is 5.75 Å². The lowest BCUT2D eigenvalue weighted by molar-refractivity contribution is -0.120. The molecule has 2 aliphatic heterocycles. The zero-order valence-corrected chi connectivity index (χ0v) is 18.1. The highest BCUT2D eigenvalue weighted by Crippen LogP contribution is 2.40. The molecule has 0 bridgehead atoms. The number of carbonyl (C=O) groups excluding carboxylic acids is 2. The molecule has 0 saturated carbocycles. The summed E-state index contributed by atoms with van der Waals surface area (Å²) in [5.41, 5.74) is 1.16. The summed E-state index contributed by atoms with van der Waals surface area (Å²) in [6, 6.07) is 8.60. The van der Waals surface area contributed by atoms with Gasteiger partial charge < -0.3 is 14.7 Å². The third-order valence-corrected chi connectivity index (χ3v) is 6.44. The van der Waals surface area contributed by atoms with E-state index in [0.717, 1.165) is 9.78 Å². The summed E-state index contributed by atoms with van der Waals surface area (Å²) in [6.07, 6.45) is 0. The zero-order chi connectivity index (χ0) is 21.3. The highest BCUT2D eigenvalue weighted by Gasteiger charge is 2.44. The minimum absolute atomic E-state index is 0.100. The van der Waals surface area contributed by atoms with Gasteiger partial charge in [-0.05, 0) is 29.6 Å². The predicted molar refractivity (Wildman–Crippen MR) is 117 cm³/mol. The Morgan fingerprint density at radius 3 is 2.53 bits per heavy atom. The second-order valence-electron chi connectivity index (χ2n) is 7.02. The summed E-state index contributed by atoms with van der Waals surface area (Å²) in [7, 11) is 1.49. The molecule has 0 radical (unpaired) electrons. The molecule has 0 spiro atoms. The van der Waals surface area contributed by atoms with Crippen molar-refractivity contribution in [2.24, 2.45) is 0 Å². The number of aliphatic hydroxyl groups excluding tert-OH is 1. The van der Waals surface area contributed by atoms with E-state index in [4.69, 9.17) is 16.3 Å². The van der Waals surface area contributed by atoms with E-state index in [0.29, 0.717) is 60.5 Å². The van der Waals surface area contributed by atoms with E-state index >= 15 is 0 Å². The van der Waals surface area contributed by atoms with Crippen LogP contribution in [0.5, 0.6) is 5.75 Å². The van der Waals surface area contributed by atoms with Crippen molar-refractivity contribution in [1.29, 1.82) is 0 Å². The van der Waals surface area contributed by atoms with E-state index in [1.807, 2.05) is 22.4 Å². The number of rotatable bonds is 6. The van der Waals surface area contributed by atoms with Gasteiger partial charge in [0.25, 0.3) is 11.8 Å². The number of carbonyl (C=O) groups is 2. The van der Waals surface area contributed by atoms with Gasteiger partial charge in [-0.3, -0.25) is 14.5 Å². The summed E-state index contributed by atoms with van der Waals surface area (Å²) in [5, 5.41) is 11.5. The summed E-state index contributed by atoms with van der Waals surface area (Å²) >= 11 is 7.59. The highest BCUT2D eigenvalue weighted by molar-refractivity contribution is 7.11. The van der Waals surface area contributed by atoms with Crippen molar-refractivity contribution in [2.75, 3.05) is 51.3 Å². The molecule has 2 aromatic rings. The first-order valence-electron chi connectivity index (χ1n) is 9.63. The molecule has 1 N–H and O–H groups in total. The van der Waals surface area contributed by atoms with Gasteiger partial charge in [0.15, 0.2) is 0 Å². The number of imide groups is 1. The van der Waals surface area contributed by atoms with Crippen LogP contribution in [-0.2, 0) is 9.59 Å². The second-order valence-corrected chi connectivity index (χ2v) is 8.40. The fourth-order valence-corrected chi connectivity index (χ4v) is 4.78. The smallest absolute Gasteiger partial charge is 0.282 e. The number of benzene rings is 1. The predicted octanol–water partition coefficient (Wildman–Crippen LogP) is 2.30. The van der Waals surface area contributed by atoms with E-state index in [9.17, 15) is 14.7 Å². The van der Waals surface area contributed by atoms with Gasteiger partial charge in [-0.25, -0.2) is 4.90 Å². The number of β-amino-alcohol motifs (C(OH)–C–C–N with tert-alkyl or cyclic N) is 1. The number of nitrogens with zero attached hydrogens (tertiary/aromatic N) is 3. The van der Waals surface area contributed by atoms with Crippen LogP contribution in [0, 0.1) is 0 Å². The van der Waals surface area contributed by atoms with Crippen LogP contribution in [0.2, 0.25) is 5.02 Å². The van der Waals surface area contributed by atoms with E-state index < -0.39 is 0 Å². The van der Waals surface area contributed by atoms with E-state index in [-0.39, 0.29) is 18.4 Å². The zero-order valence-electron chi connectivity index (χ0n) is 16.5. The van der Waals surface area contributed by atoms with Crippen molar-refractivity contribution in [3.05, 3.63) is 51.3 Å². The van der Waals surface area contributed by atoms with Gasteiger partial charge in [0.1, 0.15) is 11.4 Å².